The lowest BCUT2D eigenvalue weighted by Gasteiger charge is -2.19. The summed E-state index contributed by atoms with van der Waals surface area (Å²) in [7, 11) is 0. The van der Waals surface area contributed by atoms with Gasteiger partial charge in [-0.2, -0.15) is 0 Å². The summed E-state index contributed by atoms with van der Waals surface area (Å²) in [6.45, 7) is 8.61. The number of aromatic nitrogens is 2. The van der Waals surface area contributed by atoms with Gasteiger partial charge in [0.1, 0.15) is 10.5 Å². The number of thioether (sulfide) groups is 1. The lowest BCUT2D eigenvalue weighted by atomic mass is 9.92. The number of H-pyrrole nitrogens is 1. The van der Waals surface area contributed by atoms with Gasteiger partial charge in [0.25, 0.3) is 0 Å². The number of benzene rings is 1. The van der Waals surface area contributed by atoms with Gasteiger partial charge in [-0.1, -0.05) is 50.7 Å². The van der Waals surface area contributed by atoms with E-state index in [0.29, 0.717) is 4.64 Å². The van der Waals surface area contributed by atoms with Crippen molar-refractivity contribution in [2.75, 3.05) is 0 Å². The van der Waals surface area contributed by atoms with Gasteiger partial charge in [0.15, 0.2) is 0 Å². The van der Waals surface area contributed by atoms with E-state index in [4.69, 9.17) is 12.2 Å². The van der Waals surface area contributed by atoms with Gasteiger partial charge >= 0.3 is 0 Å². The van der Waals surface area contributed by atoms with Gasteiger partial charge in [-0.05, 0) is 25.1 Å². The molecule has 0 amide bonds. The van der Waals surface area contributed by atoms with Gasteiger partial charge in [-0.15, -0.1) is 11.8 Å². The standard InChI is InChI=1S/C16H20N2S2/c1-11-5-7-12(8-6-11)20-10-14-17-13(16(2,3)4)9-15(19)18-14/h5-9H,10H2,1-4H3,(H,17,18,19). The summed E-state index contributed by atoms with van der Waals surface area (Å²) in [5.41, 5.74) is 2.47. The van der Waals surface area contributed by atoms with E-state index in [1.807, 2.05) is 6.07 Å². The molecule has 0 aliphatic carbocycles. The number of nitrogens with one attached hydrogen (secondary N) is 1. The van der Waals surface area contributed by atoms with E-state index >= 15 is 0 Å². The second-order valence-corrected chi connectivity index (χ2v) is 7.40. The van der Waals surface area contributed by atoms with Gasteiger partial charge in [-0.3, -0.25) is 0 Å². The zero-order valence-electron chi connectivity index (χ0n) is 12.4. The summed E-state index contributed by atoms with van der Waals surface area (Å²) in [5.74, 6) is 1.74. The van der Waals surface area contributed by atoms with Crippen molar-refractivity contribution in [3.63, 3.8) is 0 Å². The Kier molecular flexibility index (Phi) is 4.66. The smallest absolute Gasteiger partial charge is 0.130 e. The highest BCUT2D eigenvalue weighted by atomic mass is 32.2. The maximum atomic E-state index is 5.26. The van der Waals surface area contributed by atoms with Crippen LogP contribution in [0, 0.1) is 11.6 Å². The number of aromatic amines is 1. The Morgan fingerprint density at radius 3 is 2.45 bits per heavy atom. The number of hydrogen-bond donors (Lipinski definition) is 1. The molecule has 0 spiro atoms. The highest BCUT2D eigenvalue weighted by molar-refractivity contribution is 7.98. The summed E-state index contributed by atoms with van der Waals surface area (Å²) >= 11 is 7.03. The van der Waals surface area contributed by atoms with Crippen LogP contribution in [0.4, 0.5) is 0 Å². The number of aryl methyl sites for hydroxylation is 1. The highest BCUT2D eigenvalue weighted by Crippen LogP contribution is 2.24. The van der Waals surface area contributed by atoms with Crippen LogP contribution in [0.2, 0.25) is 0 Å². The molecule has 0 atom stereocenters. The van der Waals surface area contributed by atoms with Crippen molar-refractivity contribution in [3.8, 4) is 0 Å². The van der Waals surface area contributed by atoms with Crippen LogP contribution in [0.15, 0.2) is 35.2 Å². The Labute approximate surface area is 130 Å². The van der Waals surface area contributed by atoms with Crippen LogP contribution in [0.3, 0.4) is 0 Å². The summed E-state index contributed by atoms with van der Waals surface area (Å²) in [5, 5.41) is 0. The highest BCUT2D eigenvalue weighted by Gasteiger charge is 2.15. The molecule has 4 heteroatoms. The van der Waals surface area contributed by atoms with Crippen molar-refractivity contribution >= 4 is 24.0 Å². The normalized spacial score (nSPS) is 11.6. The van der Waals surface area contributed by atoms with Crippen LogP contribution in [0.5, 0.6) is 0 Å². The summed E-state index contributed by atoms with van der Waals surface area (Å²) in [6.07, 6.45) is 0. The second kappa shape index (κ2) is 6.10. The summed E-state index contributed by atoms with van der Waals surface area (Å²) in [6, 6.07) is 10.5. The minimum Gasteiger partial charge on any atom is -0.346 e. The zero-order valence-corrected chi connectivity index (χ0v) is 14.0. The maximum Gasteiger partial charge on any atom is 0.130 e. The molecule has 0 bridgehead atoms. The molecular weight excluding hydrogens is 284 g/mol. The van der Waals surface area contributed by atoms with Crippen molar-refractivity contribution in [2.45, 2.75) is 43.8 Å². The molecule has 0 saturated heterocycles. The first-order valence-electron chi connectivity index (χ1n) is 6.65. The molecule has 2 rings (SSSR count). The molecule has 0 fully saturated rings. The molecule has 2 aromatic rings. The van der Waals surface area contributed by atoms with E-state index < -0.39 is 0 Å². The third-order valence-corrected chi connectivity index (χ3v) is 4.23. The zero-order chi connectivity index (χ0) is 14.8. The van der Waals surface area contributed by atoms with Gasteiger partial charge in [-0.25, -0.2) is 4.98 Å². The fourth-order valence-electron chi connectivity index (χ4n) is 1.77. The first-order valence-corrected chi connectivity index (χ1v) is 8.04. The topological polar surface area (TPSA) is 28.7 Å². The van der Waals surface area contributed by atoms with Crippen molar-refractivity contribution in [3.05, 3.63) is 52.1 Å². The summed E-state index contributed by atoms with van der Waals surface area (Å²) < 4.78 is 0.660. The van der Waals surface area contributed by atoms with E-state index in [9.17, 15) is 0 Å². The van der Waals surface area contributed by atoms with Crippen molar-refractivity contribution < 1.29 is 0 Å². The molecule has 0 aliphatic rings. The maximum absolute atomic E-state index is 5.26. The predicted molar refractivity (Wildman–Crippen MR) is 88.9 cm³/mol. The average molecular weight is 304 g/mol. The average Bonchev–Trinajstić information content (AvgIpc) is 2.36. The number of nitrogens with zero attached hydrogens (tertiary/aromatic N) is 1. The molecule has 106 valence electrons. The van der Waals surface area contributed by atoms with E-state index in [-0.39, 0.29) is 5.41 Å². The predicted octanol–water partition coefficient (Wildman–Crippen LogP) is 5.04. The molecule has 0 radical (unpaired) electrons. The van der Waals surface area contributed by atoms with Crippen LogP contribution >= 0.6 is 24.0 Å². The third-order valence-electron chi connectivity index (χ3n) is 3.00. The van der Waals surface area contributed by atoms with Crippen LogP contribution in [0.25, 0.3) is 0 Å². The van der Waals surface area contributed by atoms with Gasteiger partial charge in [0, 0.05) is 16.0 Å². The van der Waals surface area contributed by atoms with E-state index in [2.05, 4.69) is 61.9 Å². The molecule has 1 aromatic heterocycles. The Morgan fingerprint density at radius 2 is 1.85 bits per heavy atom. The molecule has 20 heavy (non-hydrogen) atoms. The molecule has 0 aliphatic heterocycles. The van der Waals surface area contributed by atoms with E-state index in [1.165, 1.54) is 10.5 Å². The van der Waals surface area contributed by atoms with Crippen LogP contribution in [0.1, 0.15) is 37.9 Å². The lowest BCUT2D eigenvalue weighted by Crippen LogP contribution is -2.15. The SMILES string of the molecule is Cc1ccc(SCc2nc(=S)cc(C(C)(C)C)[nH]2)cc1. The summed E-state index contributed by atoms with van der Waals surface area (Å²) in [4.78, 5) is 9.07. The van der Waals surface area contributed by atoms with Crippen LogP contribution < -0.4 is 0 Å². The first kappa shape index (κ1) is 15.3. The molecule has 2 nitrogen and oxygen atoms in total. The lowest BCUT2D eigenvalue weighted by molar-refractivity contribution is 0.563. The fraction of sp³-hybridized carbons (Fsp3) is 0.375. The Hall–Kier alpha value is -1.13. The van der Waals surface area contributed by atoms with Crippen LogP contribution in [-0.4, -0.2) is 9.97 Å². The first-order chi connectivity index (χ1) is 9.34. The minimum atomic E-state index is 0.0553. The van der Waals surface area contributed by atoms with Crippen molar-refractivity contribution in [1.82, 2.24) is 9.97 Å². The molecular formula is C16H20N2S2. The van der Waals surface area contributed by atoms with Gasteiger partial charge in [0.2, 0.25) is 0 Å². The Bertz CT molecular complexity index is 637. The van der Waals surface area contributed by atoms with Crippen molar-refractivity contribution in [1.29, 1.82) is 0 Å². The second-order valence-electron chi connectivity index (χ2n) is 5.93. The molecule has 1 N–H and O–H groups in total. The van der Waals surface area contributed by atoms with Crippen LogP contribution in [-0.2, 0) is 11.2 Å². The third kappa shape index (κ3) is 4.18. The van der Waals surface area contributed by atoms with Crippen molar-refractivity contribution in [2.24, 2.45) is 0 Å². The molecule has 0 unspecified atom stereocenters. The van der Waals surface area contributed by atoms with E-state index in [1.54, 1.807) is 11.8 Å². The largest absolute Gasteiger partial charge is 0.346 e. The Balaban J connectivity index is 2.15. The van der Waals surface area contributed by atoms with Gasteiger partial charge < -0.3 is 4.98 Å². The number of hydrogen-bond acceptors (Lipinski definition) is 3. The van der Waals surface area contributed by atoms with Gasteiger partial charge in [0.05, 0.1) is 5.75 Å². The fourth-order valence-corrected chi connectivity index (χ4v) is 2.76. The minimum absolute atomic E-state index is 0.0553. The molecule has 1 aromatic carbocycles. The quantitative estimate of drug-likeness (QED) is 0.636. The Morgan fingerprint density at radius 1 is 1.20 bits per heavy atom. The molecule has 1 heterocycles. The molecule has 0 saturated carbocycles. The van der Waals surface area contributed by atoms with E-state index in [0.717, 1.165) is 17.3 Å². The number of rotatable bonds is 3. The monoisotopic (exact) mass is 304 g/mol.